The molecular weight excluding hydrogens is 462 g/mol. The molecule has 2 aliphatic heterocycles. The van der Waals surface area contributed by atoms with E-state index in [2.05, 4.69) is 5.32 Å². The molecule has 3 aromatic carbocycles. The Bertz CT molecular complexity index is 1390. The monoisotopic (exact) mass is 485 g/mol. The lowest BCUT2D eigenvalue weighted by Crippen LogP contribution is -2.37. The number of hydrogen-bond donors (Lipinski definition) is 2. The molecule has 0 unspecified atom stereocenters. The maximum Gasteiger partial charge on any atom is 0.335 e. The summed E-state index contributed by atoms with van der Waals surface area (Å²) >= 11 is 0. The predicted molar refractivity (Wildman–Crippen MR) is 133 cm³/mol. The van der Waals surface area contributed by atoms with Crippen LogP contribution in [0.3, 0.4) is 0 Å². The maximum atomic E-state index is 13.4. The van der Waals surface area contributed by atoms with Crippen LogP contribution in [0.15, 0.2) is 60.7 Å². The van der Waals surface area contributed by atoms with Crippen LogP contribution in [0.1, 0.15) is 47.0 Å². The molecule has 3 aromatic rings. The fourth-order valence-corrected chi connectivity index (χ4v) is 4.37. The number of carboxylic acid groups (broad SMARTS) is 1. The zero-order valence-electron chi connectivity index (χ0n) is 19.5. The van der Waals surface area contributed by atoms with Gasteiger partial charge < -0.3 is 20.1 Å². The number of anilines is 3. The van der Waals surface area contributed by atoms with E-state index in [0.717, 1.165) is 10.5 Å². The van der Waals surface area contributed by atoms with Crippen molar-refractivity contribution in [3.05, 3.63) is 88.5 Å². The number of imide groups is 1. The zero-order chi connectivity index (χ0) is 25.4. The van der Waals surface area contributed by atoms with Gasteiger partial charge in [0, 0.05) is 24.5 Å². The summed E-state index contributed by atoms with van der Waals surface area (Å²) in [5.74, 6) is -2.79. The second-order valence-electron chi connectivity index (χ2n) is 8.63. The maximum absolute atomic E-state index is 13.4. The van der Waals surface area contributed by atoms with Crippen LogP contribution in [-0.4, -0.2) is 55.1 Å². The molecule has 1 saturated heterocycles. The first-order chi connectivity index (χ1) is 17.3. The molecular formula is C27H23N3O6. The highest BCUT2D eigenvalue weighted by Crippen LogP contribution is 2.33. The minimum absolute atomic E-state index is 0.0165. The lowest BCUT2D eigenvalue weighted by Gasteiger charge is -2.31. The van der Waals surface area contributed by atoms with Gasteiger partial charge >= 0.3 is 5.97 Å². The van der Waals surface area contributed by atoms with Gasteiger partial charge in [0.1, 0.15) is 0 Å². The summed E-state index contributed by atoms with van der Waals surface area (Å²) in [6.45, 7) is 4.17. The lowest BCUT2D eigenvalue weighted by molar-refractivity contribution is 0.0696. The van der Waals surface area contributed by atoms with Crippen molar-refractivity contribution in [1.82, 2.24) is 0 Å². The molecule has 0 aromatic heterocycles. The molecule has 0 radical (unpaired) electrons. The van der Waals surface area contributed by atoms with Gasteiger partial charge in [-0.15, -0.1) is 0 Å². The van der Waals surface area contributed by atoms with Crippen LogP contribution in [-0.2, 0) is 4.74 Å². The van der Waals surface area contributed by atoms with E-state index in [4.69, 9.17) is 4.74 Å². The number of morpholine rings is 1. The molecule has 2 N–H and O–H groups in total. The first kappa shape index (κ1) is 23.3. The van der Waals surface area contributed by atoms with Crippen molar-refractivity contribution in [1.29, 1.82) is 0 Å². The van der Waals surface area contributed by atoms with Gasteiger partial charge in [-0.1, -0.05) is 17.7 Å². The number of carbonyl (C=O) groups is 4. The van der Waals surface area contributed by atoms with Crippen LogP contribution >= 0.6 is 0 Å². The van der Waals surface area contributed by atoms with E-state index in [1.165, 1.54) is 24.3 Å². The number of carboxylic acids is 1. The summed E-state index contributed by atoms with van der Waals surface area (Å²) in [6.07, 6.45) is 0. The van der Waals surface area contributed by atoms with Crippen molar-refractivity contribution < 1.29 is 29.0 Å². The highest BCUT2D eigenvalue weighted by atomic mass is 16.5. The average molecular weight is 485 g/mol. The number of aryl methyl sites for hydroxylation is 1. The van der Waals surface area contributed by atoms with Gasteiger partial charge in [-0.05, 0) is 55.5 Å². The summed E-state index contributed by atoms with van der Waals surface area (Å²) in [6, 6.07) is 16.1. The third kappa shape index (κ3) is 4.20. The Kier molecular flexibility index (Phi) is 5.99. The van der Waals surface area contributed by atoms with Gasteiger partial charge in [0.2, 0.25) is 0 Å². The lowest BCUT2D eigenvalue weighted by atomic mass is 10.1. The zero-order valence-corrected chi connectivity index (χ0v) is 19.5. The smallest absolute Gasteiger partial charge is 0.335 e. The van der Waals surface area contributed by atoms with Gasteiger partial charge in [0.05, 0.1) is 41.2 Å². The van der Waals surface area contributed by atoms with E-state index in [1.807, 2.05) is 24.0 Å². The Morgan fingerprint density at radius 2 is 1.58 bits per heavy atom. The fraction of sp³-hybridized carbons (Fsp3) is 0.185. The molecule has 0 aliphatic carbocycles. The molecule has 9 heteroatoms. The van der Waals surface area contributed by atoms with E-state index < -0.39 is 17.8 Å². The standard InChI is InChI=1S/C27H23N3O6/c1-16-2-5-18(6-3-16)28-24(31)22-15-19(7-9-23(22)29-10-12-36-13-11-29)30-25(32)20-8-4-17(27(34)35)14-21(20)26(30)33/h2-9,14-15H,10-13H2,1H3,(H,28,31)(H,34,35). The molecule has 0 spiro atoms. The van der Waals surface area contributed by atoms with Crippen LogP contribution in [0.2, 0.25) is 0 Å². The summed E-state index contributed by atoms with van der Waals surface area (Å²) in [5.41, 5.74) is 2.91. The number of nitrogens with one attached hydrogen (secondary N) is 1. The fourth-order valence-electron chi connectivity index (χ4n) is 4.37. The van der Waals surface area contributed by atoms with Crippen molar-refractivity contribution in [2.24, 2.45) is 0 Å². The van der Waals surface area contributed by atoms with Crippen molar-refractivity contribution in [2.45, 2.75) is 6.92 Å². The number of amides is 3. The number of rotatable bonds is 5. The van der Waals surface area contributed by atoms with E-state index in [0.29, 0.717) is 43.2 Å². The minimum Gasteiger partial charge on any atom is -0.478 e. The SMILES string of the molecule is Cc1ccc(NC(=O)c2cc(N3C(=O)c4ccc(C(=O)O)cc4C3=O)ccc2N2CCOCC2)cc1. The minimum atomic E-state index is -1.19. The van der Waals surface area contributed by atoms with Gasteiger partial charge in [-0.25, -0.2) is 9.69 Å². The number of ether oxygens (including phenoxy) is 1. The molecule has 0 saturated carbocycles. The second-order valence-corrected chi connectivity index (χ2v) is 8.63. The van der Waals surface area contributed by atoms with Gasteiger partial charge in [-0.3, -0.25) is 14.4 Å². The number of carbonyl (C=O) groups excluding carboxylic acids is 3. The summed E-state index contributed by atoms with van der Waals surface area (Å²) < 4.78 is 5.44. The third-order valence-electron chi connectivity index (χ3n) is 6.28. The molecule has 3 amide bonds. The number of nitrogens with zero attached hydrogens (tertiary/aromatic N) is 2. The molecule has 2 heterocycles. The highest BCUT2D eigenvalue weighted by molar-refractivity contribution is 6.35. The molecule has 0 bridgehead atoms. The molecule has 1 fully saturated rings. The highest BCUT2D eigenvalue weighted by Gasteiger charge is 2.38. The van der Waals surface area contributed by atoms with E-state index in [9.17, 15) is 24.3 Å². The largest absolute Gasteiger partial charge is 0.478 e. The van der Waals surface area contributed by atoms with Crippen molar-refractivity contribution in [2.75, 3.05) is 41.4 Å². The van der Waals surface area contributed by atoms with E-state index in [1.54, 1.807) is 24.3 Å². The van der Waals surface area contributed by atoms with Crippen LogP contribution < -0.4 is 15.1 Å². The van der Waals surface area contributed by atoms with Crippen LogP contribution in [0, 0.1) is 6.92 Å². The first-order valence-corrected chi connectivity index (χ1v) is 11.4. The Hall–Kier alpha value is -4.50. The van der Waals surface area contributed by atoms with Crippen molar-refractivity contribution >= 4 is 40.8 Å². The Morgan fingerprint density at radius 3 is 2.28 bits per heavy atom. The molecule has 0 atom stereocenters. The number of fused-ring (bicyclic) bond motifs is 1. The number of aromatic carboxylic acids is 1. The summed E-state index contributed by atoms with van der Waals surface area (Å²) in [4.78, 5) is 54.0. The van der Waals surface area contributed by atoms with Crippen molar-refractivity contribution in [3.8, 4) is 0 Å². The summed E-state index contributed by atoms with van der Waals surface area (Å²) in [5, 5.41) is 12.2. The van der Waals surface area contributed by atoms with Crippen LogP contribution in [0.5, 0.6) is 0 Å². The van der Waals surface area contributed by atoms with Crippen molar-refractivity contribution in [3.63, 3.8) is 0 Å². The van der Waals surface area contributed by atoms with Crippen LogP contribution in [0.25, 0.3) is 0 Å². The van der Waals surface area contributed by atoms with E-state index >= 15 is 0 Å². The van der Waals surface area contributed by atoms with Gasteiger partial charge in [0.15, 0.2) is 0 Å². The molecule has 36 heavy (non-hydrogen) atoms. The number of hydrogen-bond acceptors (Lipinski definition) is 6. The normalized spacial score (nSPS) is 15.1. The Morgan fingerprint density at radius 1 is 0.889 bits per heavy atom. The average Bonchev–Trinajstić information content (AvgIpc) is 3.14. The first-order valence-electron chi connectivity index (χ1n) is 11.4. The van der Waals surface area contributed by atoms with E-state index in [-0.39, 0.29) is 28.3 Å². The number of benzene rings is 3. The van der Waals surface area contributed by atoms with Crippen LogP contribution in [0.4, 0.5) is 17.1 Å². The molecule has 9 nitrogen and oxygen atoms in total. The Balaban J connectivity index is 1.53. The van der Waals surface area contributed by atoms with Gasteiger partial charge in [0.25, 0.3) is 17.7 Å². The summed E-state index contributed by atoms with van der Waals surface area (Å²) in [7, 11) is 0. The quantitative estimate of drug-likeness (QED) is 0.531. The van der Waals surface area contributed by atoms with Gasteiger partial charge in [-0.2, -0.15) is 0 Å². The third-order valence-corrected chi connectivity index (χ3v) is 6.28. The second kappa shape index (κ2) is 9.27. The topological polar surface area (TPSA) is 116 Å². The predicted octanol–water partition coefficient (Wildman–Crippen LogP) is 3.58. The Labute approximate surface area is 206 Å². The molecule has 182 valence electrons. The molecule has 2 aliphatic rings. The molecule has 5 rings (SSSR count).